The maximum atomic E-state index is 12.0. The molecule has 0 aromatic heterocycles. The van der Waals surface area contributed by atoms with Gasteiger partial charge in [-0.3, -0.25) is 0 Å². The van der Waals surface area contributed by atoms with Crippen LogP contribution < -0.4 is 5.32 Å². The molecule has 6 heteroatoms. The van der Waals surface area contributed by atoms with E-state index in [9.17, 15) is 4.79 Å². The largest absolute Gasteiger partial charge is 0.383 e. The van der Waals surface area contributed by atoms with E-state index in [4.69, 9.17) is 14.2 Å². The molecule has 1 atom stereocenters. The molecule has 1 heterocycles. The summed E-state index contributed by atoms with van der Waals surface area (Å²) in [6.07, 6.45) is 2.27. The van der Waals surface area contributed by atoms with Crippen molar-refractivity contribution in [1.82, 2.24) is 10.2 Å². The molecule has 0 aromatic rings. The quantitative estimate of drug-likeness (QED) is 0.689. The van der Waals surface area contributed by atoms with Gasteiger partial charge in [0.1, 0.15) is 0 Å². The lowest BCUT2D eigenvalue weighted by Crippen LogP contribution is -2.45. The Balaban J connectivity index is 2.27. The number of rotatable bonds is 8. The molecule has 0 aromatic carbocycles. The van der Waals surface area contributed by atoms with Gasteiger partial charge in [-0.25, -0.2) is 4.79 Å². The van der Waals surface area contributed by atoms with Crippen molar-refractivity contribution in [2.45, 2.75) is 18.9 Å². The molecule has 1 N–H and O–H groups in total. The normalized spacial score (nSPS) is 18.9. The molecule has 0 saturated carbocycles. The number of urea groups is 1. The third-order valence-corrected chi connectivity index (χ3v) is 2.92. The maximum Gasteiger partial charge on any atom is 0.317 e. The van der Waals surface area contributed by atoms with Gasteiger partial charge in [0.15, 0.2) is 0 Å². The smallest absolute Gasteiger partial charge is 0.317 e. The number of hydrogen-bond donors (Lipinski definition) is 1. The van der Waals surface area contributed by atoms with Crippen LogP contribution in [-0.2, 0) is 14.2 Å². The van der Waals surface area contributed by atoms with Crippen molar-refractivity contribution in [2.75, 3.05) is 53.7 Å². The zero-order valence-electron chi connectivity index (χ0n) is 11.3. The highest BCUT2D eigenvalue weighted by atomic mass is 16.5. The molecule has 0 radical (unpaired) electrons. The molecule has 0 bridgehead atoms. The van der Waals surface area contributed by atoms with Crippen molar-refractivity contribution >= 4 is 6.03 Å². The van der Waals surface area contributed by atoms with Crippen molar-refractivity contribution in [3.8, 4) is 0 Å². The first-order valence-corrected chi connectivity index (χ1v) is 6.40. The molecule has 1 aliphatic heterocycles. The fourth-order valence-corrected chi connectivity index (χ4v) is 1.84. The zero-order chi connectivity index (χ0) is 13.2. The zero-order valence-corrected chi connectivity index (χ0v) is 11.3. The van der Waals surface area contributed by atoms with Crippen LogP contribution in [0.2, 0.25) is 0 Å². The van der Waals surface area contributed by atoms with E-state index in [1.807, 2.05) is 0 Å². The van der Waals surface area contributed by atoms with Gasteiger partial charge in [-0.1, -0.05) is 0 Å². The minimum Gasteiger partial charge on any atom is -0.383 e. The molecule has 2 amide bonds. The lowest BCUT2D eigenvalue weighted by Gasteiger charge is -2.23. The number of hydrogen-bond acceptors (Lipinski definition) is 4. The Bertz CT molecular complexity index is 224. The summed E-state index contributed by atoms with van der Waals surface area (Å²) in [6.45, 7) is 3.56. The highest BCUT2D eigenvalue weighted by Gasteiger charge is 2.18. The average Bonchev–Trinajstić information content (AvgIpc) is 2.89. The van der Waals surface area contributed by atoms with Gasteiger partial charge in [0.05, 0.1) is 19.3 Å². The van der Waals surface area contributed by atoms with E-state index < -0.39 is 0 Å². The third-order valence-electron chi connectivity index (χ3n) is 2.92. The summed E-state index contributed by atoms with van der Waals surface area (Å²) in [5.74, 6) is 0. The van der Waals surface area contributed by atoms with Gasteiger partial charge in [-0.05, 0) is 12.8 Å². The van der Waals surface area contributed by atoms with Gasteiger partial charge in [-0.2, -0.15) is 0 Å². The summed E-state index contributed by atoms with van der Waals surface area (Å²) in [6, 6.07) is -0.0837. The second kappa shape index (κ2) is 9.13. The van der Waals surface area contributed by atoms with Gasteiger partial charge in [-0.15, -0.1) is 0 Å². The van der Waals surface area contributed by atoms with E-state index >= 15 is 0 Å². The number of carbonyl (C=O) groups excluding carboxylic acids is 1. The van der Waals surface area contributed by atoms with Crippen LogP contribution in [0.1, 0.15) is 12.8 Å². The van der Waals surface area contributed by atoms with Crippen LogP contribution in [0.3, 0.4) is 0 Å². The standard InChI is InChI=1S/C12H24N2O4/c1-16-8-5-14(6-9-17-2)12(15)13-10-11-4-3-7-18-11/h11H,3-10H2,1-2H3,(H,13,15)/t11-/m0/s1. The summed E-state index contributed by atoms with van der Waals surface area (Å²) in [7, 11) is 3.25. The van der Waals surface area contributed by atoms with Gasteiger partial charge in [0, 0.05) is 40.5 Å². The molecule has 1 aliphatic rings. The Morgan fingerprint density at radius 3 is 2.50 bits per heavy atom. The first-order valence-electron chi connectivity index (χ1n) is 6.40. The molecule has 1 fully saturated rings. The molecule has 0 spiro atoms. The summed E-state index contributed by atoms with van der Waals surface area (Å²) in [5.41, 5.74) is 0. The van der Waals surface area contributed by atoms with Crippen molar-refractivity contribution in [3.63, 3.8) is 0 Å². The molecule has 0 unspecified atom stereocenters. The summed E-state index contributed by atoms with van der Waals surface area (Å²) >= 11 is 0. The molecule has 106 valence electrons. The molecular formula is C12H24N2O4. The highest BCUT2D eigenvalue weighted by molar-refractivity contribution is 5.74. The summed E-state index contributed by atoms with van der Waals surface area (Å²) < 4.78 is 15.4. The highest BCUT2D eigenvalue weighted by Crippen LogP contribution is 2.10. The Hall–Kier alpha value is -0.850. The predicted molar refractivity (Wildman–Crippen MR) is 67.7 cm³/mol. The second-order valence-electron chi connectivity index (χ2n) is 4.29. The lowest BCUT2D eigenvalue weighted by molar-refractivity contribution is 0.102. The van der Waals surface area contributed by atoms with Crippen LogP contribution in [0.15, 0.2) is 0 Å². The lowest BCUT2D eigenvalue weighted by atomic mass is 10.2. The fraction of sp³-hybridized carbons (Fsp3) is 0.917. The van der Waals surface area contributed by atoms with Crippen molar-refractivity contribution in [3.05, 3.63) is 0 Å². The minimum absolute atomic E-state index is 0.0837. The van der Waals surface area contributed by atoms with Crippen LogP contribution in [0, 0.1) is 0 Å². The number of ether oxygens (including phenoxy) is 3. The Labute approximate surface area is 109 Å². The van der Waals surface area contributed by atoms with E-state index in [-0.39, 0.29) is 12.1 Å². The van der Waals surface area contributed by atoms with Gasteiger partial charge in [0.2, 0.25) is 0 Å². The monoisotopic (exact) mass is 260 g/mol. The molecule has 1 rings (SSSR count). The van der Waals surface area contributed by atoms with Gasteiger partial charge >= 0.3 is 6.03 Å². The summed E-state index contributed by atoms with van der Waals surface area (Å²) in [4.78, 5) is 13.7. The second-order valence-corrected chi connectivity index (χ2v) is 4.29. The number of nitrogens with zero attached hydrogens (tertiary/aromatic N) is 1. The number of methoxy groups -OCH3 is 2. The van der Waals surface area contributed by atoms with Crippen LogP contribution in [0.5, 0.6) is 0 Å². The van der Waals surface area contributed by atoms with Gasteiger partial charge < -0.3 is 24.4 Å². The number of carbonyl (C=O) groups is 1. The van der Waals surface area contributed by atoms with Crippen molar-refractivity contribution in [2.24, 2.45) is 0 Å². The number of nitrogens with one attached hydrogen (secondary N) is 1. The van der Waals surface area contributed by atoms with Crippen LogP contribution in [0.25, 0.3) is 0 Å². The van der Waals surface area contributed by atoms with E-state index in [0.29, 0.717) is 32.8 Å². The molecule has 18 heavy (non-hydrogen) atoms. The maximum absolute atomic E-state index is 12.0. The molecular weight excluding hydrogens is 236 g/mol. The van der Waals surface area contributed by atoms with E-state index in [1.54, 1.807) is 19.1 Å². The van der Waals surface area contributed by atoms with E-state index in [1.165, 1.54) is 0 Å². The topological polar surface area (TPSA) is 60.0 Å². The Kier molecular flexibility index (Phi) is 7.71. The van der Waals surface area contributed by atoms with Crippen LogP contribution in [-0.4, -0.2) is 70.7 Å². The summed E-state index contributed by atoms with van der Waals surface area (Å²) in [5, 5.41) is 2.89. The van der Waals surface area contributed by atoms with Crippen molar-refractivity contribution in [1.29, 1.82) is 0 Å². The fourth-order valence-electron chi connectivity index (χ4n) is 1.84. The predicted octanol–water partition coefficient (Wildman–Crippen LogP) is 0.470. The van der Waals surface area contributed by atoms with Crippen LogP contribution >= 0.6 is 0 Å². The Morgan fingerprint density at radius 1 is 1.33 bits per heavy atom. The van der Waals surface area contributed by atoms with Crippen LogP contribution in [0.4, 0.5) is 4.79 Å². The van der Waals surface area contributed by atoms with E-state index in [2.05, 4.69) is 5.32 Å². The van der Waals surface area contributed by atoms with Crippen molar-refractivity contribution < 1.29 is 19.0 Å². The average molecular weight is 260 g/mol. The van der Waals surface area contributed by atoms with E-state index in [0.717, 1.165) is 19.4 Å². The first-order chi connectivity index (χ1) is 8.77. The molecule has 6 nitrogen and oxygen atoms in total. The SMILES string of the molecule is COCCN(CCOC)C(=O)NC[C@@H]1CCCO1. The molecule has 1 saturated heterocycles. The minimum atomic E-state index is -0.0837. The Morgan fingerprint density at radius 2 is 2.00 bits per heavy atom. The number of amides is 2. The third kappa shape index (κ3) is 5.66. The molecule has 0 aliphatic carbocycles. The first kappa shape index (κ1) is 15.2. The van der Waals surface area contributed by atoms with Gasteiger partial charge in [0.25, 0.3) is 0 Å².